The summed E-state index contributed by atoms with van der Waals surface area (Å²) in [7, 11) is 0. The van der Waals surface area contributed by atoms with E-state index in [1.165, 1.54) is 22.9 Å². The second-order valence-electron chi connectivity index (χ2n) is 5.43. The Morgan fingerprint density at radius 3 is 2.67 bits per heavy atom. The predicted molar refractivity (Wildman–Crippen MR) is 98.2 cm³/mol. The smallest absolute Gasteiger partial charge is 0.305 e. The van der Waals surface area contributed by atoms with Gasteiger partial charge in [0.05, 0.1) is 17.1 Å². The largest absolute Gasteiger partial charge is 0.325 e. The molecule has 0 saturated heterocycles. The number of para-hydroxylation sites is 2. The van der Waals surface area contributed by atoms with E-state index in [0.717, 1.165) is 23.0 Å². The molecule has 27 heavy (non-hydrogen) atoms. The molecule has 2 N–H and O–H groups in total. The van der Waals surface area contributed by atoms with E-state index in [9.17, 15) is 14.0 Å². The summed E-state index contributed by atoms with van der Waals surface area (Å²) < 4.78 is 15.0. The number of carbonyl (C=O) groups is 2. The Kier molecular flexibility index (Phi) is 5.77. The molecule has 8 nitrogen and oxygen atoms in total. The van der Waals surface area contributed by atoms with Crippen LogP contribution in [0.1, 0.15) is 5.56 Å². The molecule has 3 rings (SSSR count). The van der Waals surface area contributed by atoms with Gasteiger partial charge < -0.3 is 5.32 Å². The Morgan fingerprint density at radius 2 is 1.89 bits per heavy atom. The maximum atomic E-state index is 13.5. The van der Waals surface area contributed by atoms with Crippen molar-refractivity contribution in [1.82, 2.24) is 25.5 Å². The van der Waals surface area contributed by atoms with Gasteiger partial charge in [0.1, 0.15) is 5.82 Å². The number of hydrogen-bond acceptors (Lipinski definition) is 6. The number of amides is 3. The van der Waals surface area contributed by atoms with Gasteiger partial charge in [-0.3, -0.25) is 10.1 Å². The van der Waals surface area contributed by atoms with E-state index >= 15 is 0 Å². The third kappa shape index (κ3) is 4.67. The van der Waals surface area contributed by atoms with Crippen LogP contribution >= 0.6 is 11.8 Å². The third-order valence-electron chi connectivity index (χ3n) is 3.49. The zero-order valence-corrected chi connectivity index (χ0v) is 15.0. The lowest BCUT2D eigenvalue weighted by Gasteiger charge is -2.08. The van der Waals surface area contributed by atoms with Crippen LogP contribution in [-0.2, 0) is 4.79 Å². The highest BCUT2D eigenvalue weighted by Crippen LogP contribution is 2.20. The van der Waals surface area contributed by atoms with Gasteiger partial charge in [0.25, 0.3) is 0 Å². The number of benzene rings is 2. The Hall–Kier alpha value is -3.27. The van der Waals surface area contributed by atoms with Crippen LogP contribution in [0.25, 0.3) is 5.69 Å². The summed E-state index contributed by atoms with van der Waals surface area (Å²) in [5, 5.41) is 16.3. The van der Waals surface area contributed by atoms with E-state index in [0.29, 0.717) is 5.16 Å². The number of aryl methyl sites for hydroxylation is 1. The number of nitrogens with one attached hydrogen (secondary N) is 2. The van der Waals surface area contributed by atoms with Crippen molar-refractivity contribution in [2.24, 2.45) is 0 Å². The highest BCUT2D eigenvalue weighted by atomic mass is 32.2. The van der Waals surface area contributed by atoms with Gasteiger partial charge in [-0.25, -0.2) is 9.18 Å². The molecule has 0 aliphatic carbocycles. The van der Waals surface area contributed by atoms with E-state index in [1.807, 2.05) is 31.2 Å². The molecular formula is C17H15FN6O2S. The fourth-order valence-electron chi connectivity index (χ4n) is 2.23. The van der Waals surface area contributed by atoms with E-state index in [-0.39, 0.29) is 11.4 Å². The molecule has 3 aromatic rings. The van der Waals surface area contributed by atoms with Crippen molar-refractivity contribution < 1.29 is 14.0 Å². The van der Waals surface area contributed by atoms with Crippen molar-refractivity contribution in [3.05, 3.63) is 59.9 Å². The number of rotatable bonds is 5. The van der Waals surface area contributed by atoms with Crippen molar-refractivity contribution in [2.45, 2.75) is 12.1 Å². The van der Waals surface area contributed by atoms with E-state index in [2.05, 4.69) is 26.2 Å². The van der Waals surface area contributed by atoms with E-state index in [1.54, 1.807) is 6.07 Å². The number of nitrogens with zero attached hydrogens (tertiary/aromatic N) is 4. The molecule has 0 saturated carbocycles. The summed E-state index contributed by atoms with van der Waals surface area (Å²) >= 11 is 1.08. The lowest BCUT2D eigenvalue weighted by Crippen LogP contribution is -2.35. The maximum absolute atomic E-state index is 13.5. The number of thioether (sulfide) groups is 1. The molecule has 0 aliphatic heterocycles. The SMILES string of the molecule is Cc1ccccc1-n1nnnc1SCC(=O)NC(=O)Nc1ccccc1F. The van der Waals surface area contributed by atoms with Crippen LogP contribution in [-0.4, -0.2) is 37.9 Å². The molecule has 0 radical (unpaired) electrons. The second kappa shape index (κ2) is 8.41. The molecule has 10 heteroatoms. The number of urea groups is 1. The molecule has 0 bridgehead atoms. The minimum Gasteiger partial charge on any atom is -0.305 e. The zero-order chi connectivity index (χ0) is 19.2. The van der Waals surface area contributed by atoms with Gasteiger partial charge in [0.15, 0.2) is 0 Å². The fraction of sp³-hybridized carbons (Fsp3) is 0.118. The van der Waals surface area contributed by atoms with Gasteiger partial charge in [0.2, 0.25) is 11.1 Å². The predicted octanol–water partition coefficient (Wildman–Crippen LogP) is 2.55. The standard InChI is InChI=1S/C17H15FN6O2S/c1-11-6-2-5-9-14(11)24-17(21-22-23-24)27-10-15(25)20-16(26)19-13-8-4-3-7-12(13)18/h2-9H,10H2,1H3,(H2,19,20,25,26). The molecule has 3 amide bonds. The van der Waals surface area contributed by atoms with Gasteiger partial charge in [-0.1, -0.05) is 42.1 Å². The monoisotopic (exact) mass is 386 g/mol. The number of tetrazole rings is 1. The number of halogens is 1. The molecule has 2 aromatic carbocycles. The lowest BCUT2D eigenvalue weighted by atomic mass is 10.2. The topological polar surface area (TPSA) is 102 Å². The van der Waals surface area contributed by atoms with Crippen LogP contribution < -0.4 is 10.6 Å². The first kappa shape index (κ1) is 18.5. The van der Waals surface area contributed by atoms with Gasteiger partial charge >= 0.3 is 6.03 Å². The summed E-state index contributed by atoms with van der Waals surface area (Å²) in [6.45, 7) is 1.92. The summed E-state index contributed by atoms with van der Waals surface area (Å²) in [6, 6.07) is 12.4. The normalized spacial score (nSPS) is 10.4. The molecule has 0 aliphatic rings. The van der Waals surface area contributed by atoms with Crippen LogP contribution in [0.3, 0.4) is 0 Å². The molecule has 0 unspecified atom stereocenters. The number of hydrogen-bond donors (Lipinski definition) is 2. The number of carbonyl (C=O) groups excluding carboxylic acids is 2. The molecule has 1 heterocycles. The average molecular weight is 386 g/mol. The van der Waals surface area contributed by atoms with E-state index < -0.39 is 17.8 Å². The molecular weight excluding hydrogens is 371 g/mol. The zero-order valence-electron chi connectivity index (χ0n) is 14.2. The lowest BCUT2D eigenvalue weighted by molar-refractivity contribution is -0.117. The Morgan fingerprint density at radius 1 is 1.15 bits per heavy atom. The summed E-state index contributed by atoms with van der Waals surface area (Å²) in [6.07, 6.45) is 0. The molecule has 1 aromatic heterocycles. The van der Waals surface area contributed by atoms with Gasteiger partial charge in [-0.2, -0.15) is 4.68 Å². The first-order valence-corrected chi connectivity index (χ1v) is 8.85. The Balaban J connectivity index is 1.57. The van der Waals surface area contributed by atoms with Crippen molar-refractivity contribution in [3.63, 3.8) is 0 Å². The first-order valence-electron chi connectivity index (χ1n) is 7.87. The highest BCUT2D eigenvalue weighted by molar-refractivity contribution is 7.99. The Bertz CT molecular complexity index is 977. The average Bonchev–Trinajstić information content (AvgIpc) is 3.10. The summed E-state index contributed by atoms with van der Waals surface area (Å²) in [5.41, 5.74) is 1.75. The van der Waals surface area contributed by atoms with Gasteiger partial charge in [0, 0.05) is 0 Å². The quantitative estimate of drug-likeness (QED) is 0.654. The van der Waals surface area contributed by atoms with Crippen molar-refractivity contribution >= 4 is 29.4 Å². The second-order valence-corrected chi connectivity index (χ2v) is 6.37. The minimum atomic E-state index is -0.816. The summed E-state index contributed by atoms with van der Waals surface area (Å²) in [5.74, 6) is -1.24. The highest BCUT2D eigenvalue weighted by Gasteiger charge is 2.15. The molecule has 0 atom stereocenters. The maximum Gasteiger partial charge on any atom is 0.325 e. The van der Waals surface area contributed by atoms with Crippen LogP contribution in [0, 0.1) is 12.7 Å². The van der Waals surface area contributed by atoms with Crippen LogP contribution in [0.15, 0.2) is 53.7 Å². The third-order valence-corrected chi connectivity index (χ3v) is 4.41. The Labute approximate surface area is 158 Å². The first-order chi connectivity index (χ1) is 13.0. The number of imide groups is 1. The van der Waals surface area contributed by atoms with Crippen molar-refractivity contribution in [1.29, 1.82) is 0 Å². The van der Waals surface area contributed by atoms with Crippen molar-refractivity contribution in [3.8, 4) is 5.69 Å². The molecule has 0 spiro atoms. The number of aromatic nitrogens is 4. The summed E-state index contributed by atoms with van der Waals surface area (Å²) in [4.78, 5) is 23.8. The van der Waals surface area contributed by atoms with Gasteiger partial charge in [-0.15, -0.1) is 5.10 Å². The molecule has 138 valence electrons. The molecule has 0 fully saturated rings. The fourth-order valence-corrected chi connectivity index (χ4v) is 2.91. The van der Waals surface area contributed by atoms with Crippen molar-refractivity contribution in [2.75, 3.05) is 11.1 Å². The van der Waals surface area contributed by atoms with Crippen LogP contribution in [0.5, 0.6) is 0 Å². The van der Waals surface area contributed by atoms with E-state index in [4.69, 9.17) is 0 Å². The number of anilines is 1. The van der Waals surface area contributed by atoms with Crippen LogP contribution in [0.4, 0.5) is 14.9 Å². The van der Waals surface area contributed by atoms with Gasteiger partial charge in [-0.05, 0) is 41.1 Å². The minimum absolute atomic E-state index is 0.0149. The van der Waals surface area contributed by atoms with Crippen LogP contribution in [0.2, 0.25) is 0 Å².